The minimum Gasteiger partial charge on any atom is -0.456 e. The number of hydrogen-bond acceptors (Lipinski definition) is 3. The smallest absolute Gasteiger partial charge is 0.160 e. The van der Waals surface area contributed by atoms with Gasteiger partial charge in [0.1, 0.15) is 16.7 Å². The molecule has 0 radical (unpaired) electrons. The van der Waals surface area contributed by atoms with E-state index in [0.717, 1.165) is 83.2 Å². The number of hydrogen-bond donors (Lipinski definition) is 0. The third-order valence-electron chi connectivity index (χ3n) is 10.9. The molecule has 258 valence electrons. The first kappa shape index (κ1) is 31.2. The van der Waals surface area contributed by atoms with Gasteiger partial charge in [0.25, 0.3) is 0 Å². The van der Waals surface area contributed by atoms with Gasteiger partial charge in [-0.3, -0.25) is 0 Å². The molecular formula is C52H33NO2. The van der Waals surface area contributed by atoms with Crippen LogP contribution in [-0.2, 0) is 0 Å². The molecule has 0 aliphatic rings. The third-order valence-corrected chi connectivity index (χ3v) is 10.9. The maximum absolute atomic E-state index is 7.11. The lowest BCUT2D eigenvalue weighted by Gasteiger charge is -2.28. The lowest BCUT2D eigenvalue weighted by atomic mass is 9.94. The van der Waals surface area contributed by atoms with E-state index >= 15 is 0 Å². The molecule has 0 fully saturated rings. The molecule has 0 N–H and O–H groups in total. The zero-order valence-corrected chi connectivity index (χ0v) is 29.8. The molecule has 0 spiro atoms. The molecule has 0 unspecified atom stereocenters. The molecule has 0 bridgehead atoms. The van der Waals surface area contributed by atoms with Crippen LogP contribution < -0.4 is 4.90 Å². The predicted octanol–water partition coefficient (Wildman–Crippen LogP) is 15.1. The van der Waals surface area contributed by atoms with E-state index in [1.54, 1.807) is 0 Å². The topological polar surface area (TPSA) is 29.5 Å². The van der Waals surface area contributed by atoms with Crippen molar-refractivity contribution in [3.63, 3.8) is 0 Å². The summed E-state index contributed by atoms with van der Waals surface area (Å²) in [5, 5.41) is 6.62. The SMILES string of the molecule is c1ccc(-c2ccc(N(c3ccc(-c4ccccc4)cc3)c3c(-c4cccc5ccccc45)ccc4c3oc3ccc5oc6ccccc6c5c34)cc2)cc1. The van der Waals surface area contributed by atoms with E-state index in [1.165, 1.54) is 21.9 Å². The highest BCUT2D eigenvalue weighted by molar-refractivity contribution is 6.28. The number of benzene rings is 9. The molecule has 11 aromatic rings. The predicted molar refractivity (Wildman–Crippen MR) is 229 cm³/mol. The van der Waals surface area contributed by atoms with Gasteiger partial charge in [0.2, 0.25) is 0 Å². The Morgan fingerprint density at radius 1 is 0.309 bits per heavy atom. The quantitative estimate of drug-likeness (QED) is 0.173. The van der Waals surface area contributed by atoms with Gasteiger partial charge in [-0.05, 0) is 87.1 Å². The van der Waals surface area contributed by atoms with Crippen molar-refractivity contribution in [2.24, 2.45) is 0 Å². The fourth-order valence-electron chi connectivity index (χ4n) is 8.31. The van der Waals surface area contributed by atoms with Crippen LogP contribution in [0, 0.1) is 0 Å². The van der Waals surface area contributed by atoms with E-state index in [-0.39, 0.29) is 0 Å². The van der Waals surface area contributed by atoms with Crippen LogP contribution in [0.2, 0.25) is 0 Å². The normalized spacial score (nSPS) is 11.6. The molecule has 2 aromatic heterocycles. The minimum absolute atomic E-state index is 0.817. The highest BCUT2D eigenvalue weighted by atomic mass is 16.3. The Morgan fingerprint density at radius 2 is 0.836 bits per heavy atom. The van der Waals surface area contributed by atoms with Crippen LogP contribution in [0.5, 0.6) is 0 Å². The molecule has 3 heteroatoms. The molecule has 0 saturated carbocycles. The van der Waals surface area contributed by atoms with E-state index in [2.05, 4.69) is 187 Å². The number of furan rings is 2. The van der Waals surface area contributed by atoms with Crippen LogP contribution in [0.4, 0.5) is 17.1 Å². The molecule has 0 saturated heterocycles. The minimum atomic E-state index is 0.817. The zero-order chi connectivity index (χ0) is 36.3. The number of nitrogens with zero attached hydrogens (tertiary/aromatic N) is 1. The van der Waals surface area contributed by atoms with Crippen LogP contribution in [0.3, 0.4) is 0 Å². The molecule has 0 atom stereocenters. The molecule has 2 heterocycles. The van der Waals surface area contributed by atoms with Crippen molar-refractivity contribution in [3.8, 4) is 33.4 Å². The number of rotatable bonds is 6. The summed E-state index contributed by atoms with van der Waals surface area (Å²) in [6.45, 7) is 0. The van der Waals surface area contributed by atoms with Gasteiger partial charge in [-0.25, -0.2) is 0 Å². The van der Waals surface area contributed by atoms with Crippen LogP contribution in [-0.4, -0.2) is 0 Å². The van der Waals surface area contributed by atoms with E-state index in [1.807, 2.05) is 18.2 Å². The summed E-state index contributed by atoms with van der Waals surface area (Å²) in [4.78, 5) is 2.37. The van der Waals surface area contributed by atoms with Gasteiger partial charge in [-0.15, -0.1) is 0 Å². The number of para-hydroxylation sites is 1. The Morgan fingerprint density at radius 3 is 1.51 bits per heavy atom. The van der Waals surface area contributed by atoms with Crippen molar-refractivity contribution in [2.75, 3.05) is 4.90 Å². The highest BCUT2D eigenvalue weighted by Gasteiger charge is 2.26. The molecule has 9 aromatic carbocycles. The molecule has 0 aliphatic carbocycles. The van der Waals surface area contributed by atoms with Crippen molar-refractivity contribution in [1.29, 1.82) is 0 Å². The number of fused-ring (bicyclic) bond motifs is 8. The van der Waals surface area contributed by atoms with Gasteiger partial charge in [0, 0.05) is 38.5 Å². The van der Waals surface area contributed by atoms with Crippen molar-refractivity contribution >= 4 is 71.7 Å². The van der Waals surface area contributed by atoms with Crippen LogP contribution in [0.25, 0.3) is 88.0 Å². The molecule has 3 nitrogen and oxygen atoms in total. The molecule has 55 heavy (non-hydrogen) atoms. The molecule has 0 amide bonds. The Bertz CT molecular complexity index is 3090. The van der Waals surface area contributed by atoms with Gasteiger partial charge in [0.05, 0.1) is 5.69 Å². The summed E-state index contributed by atoms with van der Waals surface area (Å²) in [5.74, 6) is 0. The summed E-state index contributed by atoms with van der Waals surface area (Å²) in [7, 11) is 0. The second-order valence-corrected chi connectivity index (χ2v) is 14.0. The van der Waals surface area contributed by atoms with E-state index in [0.29, 0.717) is 0 Å². The van der Waals surface area contributed by atoms with Gasteiger partial charge in [-0.2, -0.15) is 0 Å². The van der Waals surface area contributed by atoms with Gasteiger partial charge in [-0.1, -0.05) is 152 Å². The zero-order valence-electron chi connectivity index (χ0n) is 29.8. The largest absolute Gasteiger partial charge is 0.456 e. The summed E-state index contributed by atoms with van der Waals surface area (Å²) in [6.07, 6.45) is 0. The van der Waals surface area contributed by atoms with Gasteiger partial charge >= 0.3 is 0 Å². The van der Waals surface area contributed by atoms with E-state index in [9.17, 15) is 0 Å². The fourth-order valence-corrected chi connectivity index (χ4v) is 8.31. The second kappa shape index (κ2) is 12.6. The fraction of sp³-hybridized carbons (Fsp3) is 0. The first-order chi connectivity index (χ1) is 27.3. The van der Waals surface area contributed by atoms with Gasteiger partial charge in [0.15, 0.2) is 5.58 Å². The van der Waals surface area contributed by atoms with E-state index < -0.39 is 0 Å². The van der Waals surface area contributed by atoms with Crippen molar-refractivity contribution in [2.45, 2.75) is 0 Å². The standard InChI is InChI=1S/C52H33NO2/c1-3-12-34(13-4-1)36-22-26-39(27-23-36)53(40-28-24-37(25-29-40)35-14-5-2-6-15-35)51-43(42-20-11-17-38-16-7-8-18-41(38)42)30-31-45-50-48(55-52(45)51)33-32-47-49(50)44-19-9-10-21-46(44)54-47/h1-33H. The summed E-state index contributed by atoms with van der Waals surface area (Å²) < 4.78 is 13.5. The van der Waals surface area contributed by atoms with Gasteiger partial charge < -0.3 is 13.7 Å². The maximum Gasteiger partial charge on any atom is 0.160 e. The Kier molecular flexibility index (Phi) is 7.17. The third kappa shape index (κ3) is 5.13. The van der Waals surface area contributed by atoms with Crippen LogP contribution in [0.1, 0.15) is 0 Å². The molecular weight excluding hydrogens is 671 g/mol. The Hall–Kier alpha value is -7.36. The molecule has 0 aliphatic heterocycles. The average Bonchev–Trinajstić information content (AvgIpc) is 3.83. The summed E-state index contributed by atoms with van der Waals surface area (Å²) >= 11 is 0. The van der Waals surface area contributed by atoms with Crippen LogP contribution in [0.15, 0.2) is 209 Å². The van der Waals surface area contributed by atoms with Crippen molar-refractivity contribution < 1.29 is 8.83 Å². The monoisotopic (exact) mass is 703 g/mol. The van der Waals surface area contributed by atoms with Crippen molar-refractivity contribution in [3.05, 3.63) is 200 Å². The summed E-state index contributed by atoms with van der Waals surface area (Å²) in [6, 6.07) is 70.9. The van der Waals surface area contributed by atoms with Crippen molar-refractivity contribution in [1.82, 2.24) is 0 Å². The average molecular weight is 704 g/mol. The van der Waals surface area contributed by atoms with E-state index in [4.69, 9.17) is 8.83 Å². The Balaban J connectivity index is 1.23. The maximum atomic E-state index is 7.11. The first-order valence-electron chi connectivity index (χ1n) is 18.7. The second-order valence-electron chi connectivity index (χ2n) is 14.0. The highest BCUT2D eigenvalue weighted by Crippen LogP contribution is 2.50. The molecule has 11 rings (SSSR count). The van der Waals surface area contributed by atoms with Crippen LogP contribution >= 0.6 is 0 Å². The lowest BCUT2D eigenvalue weighted by Crippen LogP contribution is -2.11. The summed E-state index contributed by atoms with van der Waals surface area (Å²) in [5.41, 5.74) is 13.3. The first-order valence-corrected chi connectivity index (χ1v) is 18.7. The lowest BCUT2D eigenvalue weighted by molar-refractivity contribution is 0.663. The number of anilines is 3. The Labute approximate surface area is 317 Å².